The van der Waals surface area contributed by atoms with Crippen LogP contribution in [0.1, 0.15) is 95.7 Å². The van der Waals surface area contributed by atoms with Crippen molar-refractivity contribution >= 4 is 26.0 Å². The van der Waals surface area contributed by atoms with Gasteiger partial charge in [0, 0.05) is 24.8 Å². The van der Waals surface area contributed by atoms with Crippen molar-refractivity contribution in [3.05, 3.63) is 111 Å². The van der Waals surface area contributed by atoms with Crippen LogP contribution in [0, 0.1) is 13.8 Å². The van der Waals surface area contributed by atoms with Crippen molar-refractivity contribution in [3.63, 3.8) is 0 Å². The van der Waals surface area contributed by atoms with E-state index in [9.17, 15) is 0 Å². The molecule has 2 radical (unpaired) electrons. The molecule has 1 aliphatic rings. The summed E-state index contributed by atoms with van der Waals surface area (Å²) in [6, 6.07) is 23.8. The minimum atomic E-state index is -0.106. The second-order valence-electron chi connectivity index (χ2n) is 14.7. The van der Waals surface area contributed by atoms with Crippen LogP contribution in [0.3, 0.4) is 0 Å². The molecule has 0 heterocycles. The number of hydrogen-bond donors (Lipinski definition) is 0. The van der Waals surface area contributed by atoms with E-state index in [1.54, 1.807) is 0 Å². The molecule has 41 heavy (non-hydrogen) atoms. The molecule has 4 rings (SSSR count). The molecule has 0 N–H and O–H groups in total. The van der Waals surface area contributed by atoms with Crippen LogP contribution < -0.4 is 10.1 Å². The fraction of sp³-hybridized carbons (Fsp3) is 0.436. The van der Waals surface area contributed by atoms with Crippen LogP contribution >= 0.6 is 0 Å². The molecule has 0 aromatic heterocycles. The lowest BCUT2D eigenvalue weighted by molar-refractivity contribution is 0.568. The van der Waals surface area contributed by atoms with Gasteiger partial charge in [-0.05, 0) is 103 Å². The second-order valence-corrected chi connectivity index (χ2v) is 16.4. The van der Waals surface area contributed by atoms with E-state index in [0.29, 0.717) is 9.52 Å². The van der Waals surface area contributed by atoms with E-state index >= 15 is 0 Å². The molecular weight excluding hydrogens is 511 g/mol. The van der Waals surface area contributed by atoms with Gasteiger partial charge in [0.15, 0.2) is 0 Å². The van der Waals surface area contributed by atoms with E-state index in [2.05, 4.69) is 156 Å². The van der Waals surface area contributed by atoms with Crippen molar-refractivity contribution < 1.29 is 0 Å². The molecule has 1 atom stereocenters. The van der Waals surface area contributed by atoms with Crippen LogP contribution in [0.4, 0.5) is 5.69 Å². The fourth-order valence-electron chi connectivity index (χ4n) is 6.36. The average Bonchev–Trinajstić information content (AvgIpc) is 3.02. The Hall–Kier alpha value is -2.84. The molecule has 3 aromatic carbocycles. The largest absolute Gasteiger partial charge is 0.378 e. The highest BCUT2D eigenvalue weighted by Crippen LogP contribution is 2.59. The highest BCUT2D eigenvalue weighted by molar-refractivity contribution is 6.61. The maximum Gasteiger partial charge on any atom is 0.0993 e. The van der Waals surface area contributed by atoms with Gasteiger partial charge >= 0.3 is 0 Å². The number of rotatable bonds is 6. The lowest BCUT2D eigenvalue weighted by Crippen LogP contribution is -2.34. The zero-order valence-corrected chi connectivity index (χ0v) is 28.9. The maximum atomic E-state index is 2.51. The molecule has 1 unspecified atom stereocenters. The Bertz CT molecular complexity index is 1470. The van der Waals surface area contributed by atoms with Crippen LogP contribution in [0.25, 0.3) is 5.57 Å². The fourth-order valence-corrected chi connectivity index (χ4v) is 8.58. The van der Waals surface area contributed by atoms with Gasteiger partial charge in [-0.15, -0.1) is 0 Å². The SMILES string of the molecule is CC1=C(C)C(Cc2cccc(N(C)C)c2)([Si]c2cc(C)cc(C)c2)C(c2cc(C(C)(C)C)cc(C(C)(C)C)c2)=C1C. The molecular formula is C39H51NSi. The summed E-state index contributed by atoms with van der Waals surface area (Å²) in [5.74, 6) is 0. The highest BCUT2D eigenvalue weighted by atomic mass is 28.2. The van der Waals surface area contributed by atoms with E-state index in [-0.39, 0.29) is 15.9 Å². The Kier molecular flexibility index (Phi) is 8.42. The van der Waals surface area contributed by atoms with Crippen LogP contribution in [0.2, 0.25) is 5.04 Å². The van der Waals surface area contributed by atoms with Gasteiger partial charge in [0.05, 0.1) is 9.52 Å². The lowest BCUT2D eigenvalue weighted by atomic mass is 9.76. The Morgan fingerprint density at radius 1 is 0.683 bits per heavy atom. The van der Waals surface area contributed by atoms with Crippen molar-refractivity contribution in [3.8, 4) is 0 Å². The van der Waals surface area contributed by atoms with Crippen molar-refractivity contribution in [2.45, 2.75) is 98.5 Å². The second kappa shape index (κ2) is 11.1. The van der Waals surface area contributed by atoms with Crippen LogP contribution in [-0.4, -0.2) is 23.6 Å². The topological polar surface area (TPSA) is 3.24 Å². The summed E-state index contributed by atoms with van der Waals surface area (Å²) < 4.78 is 0. The molecule has 0 fully saturated rings. The van der Waals surface area contributed by atoms with Gasteiger partial charge in [0.1, 0.15) is 0 Å². The maximum absolute atomic E-state index is 2.51. The van der Waals surface area contributed by atoms with Crippen molar-refractivity contribution in [2.75, 3.05) is 19.0 Å². The third-order valence-electron chi connectivity index (χ3n) is 9.00. The van der Waals surface area contributed by atoms with E-state index in [4.69, 9.17) is 0 Å². The molecule has 0 saturated carbocycles. The number of nitrogens with zero attached hydrogens (tertiary/aromatic N) is 1. The quantitative estimate of drug-likeness (QED) is 0.271. The summed E-state index contributed by atoms with van der Waals surface area (Å²) in [7, 11) is 4.91. The summed E-state index contributed by atoms with van der Waals surface area (Å²) in [5, 5.41) is 1.35. The van der Waals surface area contributed by atoms with Gasteiger partial charge in [-0.1, -0.05) is 112 Å². The molecule has 216 valence electrons. The summed E-state index contributed by atoms with van der Waals surface area (Å²) in [5.41, 5.74) is 15.7. The van der Waals surface area contributed by atoms with Gasteiger partial charge in [-0.25, -0.2) is 0 Å². The minimum absolute atomic E-state index is 0.0687. The first-order valence-corrected chi connectivity index (χ1v) is 16.1. The van der Waals surface area contributed by atoms with Gasteiger partial charge in [-0.3, -0.25) is 0 Å². The Labute approximate surface area is 253 Å². The van der Waals surface area contributed by atoms with Crippen molar-refractivity contribution in [1.29, 1.82) is 0 Å². The molecule has 2 heteroatoms. The molecule has 0 saturated heterocycles. The molecule has 1 aliphatic carbocycles. The summed E-state index contributed by atoms with van der Waals surface area (Å²) >= 11 is 0. The molecule has 3 aromatic rings. The van der Waals surface area contributed by atoms with Crippen molar-refractivity contribution in [1.82, 2.24) is 0 Å². The summed E-state index contributed by atoms with van der Waals surface area (Å²) in [6.07, 6.45) is 0.987. The predicted molar refractivity (Wildman–Crippen MR) is 183 cm³/mol. The summed E-state index contributed by atoms with van der Waals surface area (Å²) in [4.78, 5) is 2.22. The Balaban J connectivity index is 2.04. The van der Waals surface area contributed by atoms with E-state index in [1.165, 1.54) is 66.5 Å². The lowest BCUT2D eigenvalue weighted by Gasteiger charge is -2.37. The zero-order valence-electron chi connectivity index (χ0n) is 27.9. The first kappa shape index (κ1) is 31.1. The predicted octanol–water partition coefficient (Wildman–Crippen LogP) is 9.52. The van der Waals surface area contributed by atoms with E-state index < -0.39 is 0 Å². The van der Waals surface area contributed by atoms with E-state index in [1.807, 2.05) is 0 Å². The van der Waals surface area contributed by atoms with Gasteiger partial charge in [0.25, 0.3) is 0 Å². The van der Waals surface area contributed by atoms with E-state index in [0.717, 1.165) is 6.42 Å². The minimum Gasteiger partial charge on any atom is -0.378 e. The first-order chi connectivity index (χ1) is 18.9. The third-order valence-corrected chi connectivity index (χ3v) is 10.8. The molecule has 0 aliphatic heterocycles. The smallest absolute Gasteiger partial charge is 0.0993 e. The Morgan fingerprint density at radius 2 is 1.24 bits per heavy atom. The van der Waals surface area contributed by atoms with Gasteiger partial charge in [-0.2, -0.15) is 0 Å². The molecule has 1 nitrogen and oxygen atoms in total. The first-order valence-electron chi connectivity index (χ1n) is 15.1. The normalized spacial score (nSPS) is 18.0. The number of hydrogen-bond acceptors (Lipinski definition) is 1. The molecule has 0 bridgehead atoms. The Morgan fingerprint density at radius 3 is 1.76 bits per heavy atom. The number of aryl methyl sites for hydroxylation is 2. The average molecular weight is 562 g/mol. The van der Waals surface area contributed by atoms with Gasteiger partial charge in [0.2, 0.25) is 0 Å². The highest BCUT2D eigenvalue weighted by Gasteiger charge is 2.44. The molecule has 0 spiro atoms. The monoisotopic (exact) mass is 561 g/mol. The van der Waals surface area contributed by atoms with Gasteiger partial charge < -0.3 is 4.90 Å². The number of benzene rings is 3. The third kappa shape index (κ3) is 6.33. The number of allylic oxidation sites excluding steroid dienone is 4. The van der Waals surface area contributed by atoms with Crippen LogP contribution in [0.5, 0.6) is 0 Å². The number of anilines is 1. The van der Waals surface area contributed by atoms with Crippen LogP contribution in [-0.2, 0) is 17.3 Å². The standard InChI is InChI=1S/C39H51NSi/c1-25-17-26(2)19-35(18-25)41-39(24-30-15-14-16-34(20-30)40(12)13)29(5)27(3)28(4)36(39)31-21-32(37(6,7)8)23-33(22-31)38(9,10)11/h14-23H,24H2,1-13H3. The zero-order chi connectivity index (χ0) is 30.5. The van der Waals surface area contributed by atoms with Crippen LogP contribution in [0.15, 0.2) is 77.4 Å². The molecule has 0 amide bonds. The van der Waals surface area contributed by atoms with Crippen molar-refractivity contribution in [2.24, 2.45) is 0 Å². The summed E-state index contributed by atoms with van der Waals surface area (Å²) in [6.45, 7) is 25.7.